The Balaban J connectivity index is 1.52. The Morgan fingerprint density at radius 3 is 2.66 bits per heavy atom. The van der Waals surface area contributed by atoms with Gasteiger partial charge in [0, 0.05) is 17.4 Å². The summed E-state index contributed by atoms with van der Waals surface area (Å²) < 4.78 is 43.2. The largest absolute Gasteiger partial charge is 0.342 e. The highest BCUT2D eigenvalue weighted by Gasteiger charge is 2.19. The van der Waals surface area contributed by atoms with E-state index < -0.39 is 27.8 Å². The predicted octanol–water partition coefficient (Wildman–Crippen LogP) is 3.47. The van der Waals surface area contributed by atoms with Gasteiger partial charge in [-0.3, -0.25) is 13.9 Å². The molecule has 0 radical (unpaired) electrons. The van der Waals surface area contributed by atoms with Gasteiger partial charge in [-0.25, -0.2) is 12.8 Å². The Morgan fingerprint density at radius 2 is 1.88 bits per heavy atom. The van der Waals surface area contributed by atoms with E-state index >= 15 is 0 Å². The molecule has 32 heavy (non-hydrogen) atoms. The van der Waals surface area contributed by atoms with E-state index in [0.717, 1.165) is 6.07 Å². The highest BCUT2D eigenvalue weighted by atomic mass is 32.2. The number of amides is 1. The van der Waals surface area contributed by atoms with Crippen LogP contribution in [0, 0.1) is 12.7 Å². The lowest BCUT2D eigenvalue weighted by Gasteiger charge is -2.14. The van der Waals surface area contributed by atoms with Crippen LogP contribution in [0.4, 0.5) is 10.1 Å². The molecular weight excluding hydrogens is 433 g/mol. The molecule has 2 aromatic carbocycles. The van der Waals surface area contributed by atoms with Crippen LogP contribution in [-0.2, 0) is 10.0 Å². The van der Waals surface area contributed by atoms with Crippen LogP contribution in [0.1, 0.15) is 34.7 Å². The highest BCUT2D eigenvalue weighted by molar-refractivity contribution is 7.92. The maximum Gasteiger partial charge on any atom is 0.261 e. The molecule has 0 fully saturated rings. The van der Waals surface area contributed by atoms with Crippen molar-refractivity contribution in [2.75, 3.05) is 4.72 Å². The van der Waals surface area contributed by atoms with Crippen LogP contribution >= 0.6 is 0 Å². The summed E-state index contributed by atoms with van der Waals surface area (Å²) in [4.78, 5) is 12.6. The number of aromatic nitrogens is 3. The number of carbonyl (C=O) groups excluding carboxylic acids is 1. The van der Waals surface area contributed by atoms with Gasteiger partial charge in [0.2, 0.25) is 0 Å². The number of hydrogen-bond donors (Lipinski definition) is 2. The second-order valence-electron chi connectivity index (χ2n) is 7.28. The molecule has 0 aliphatic carbocycles. The monoisotopic (exact) mass is 453 g/mol. The Kier molecular flexibility index (Phi) is 5.62. The van der Waals surface area contributed by atoms with Gasteiger partial charge >= 0.3 is 0 Å². The van der Waals surface area contributed by atoms with Crippen LogP contribution in [-0.4, -0.2) is 28.9 Å². The first-order chi connectivity index (χ1) is 15.2. The number of fused-ring (bicyclic) bond motifs is 1. The average molecular weight is 453 g/mol. The minimum Gasteiger partial charge on any atom is -0.342 e. The van der Waals surface area contributed by atoms with Crippen LogP contribution in [0.15, 0.2) is 71.8 Å². The van der Waals surface area contributed by atoms with Crippen LogP contribution in [0.5, 0.6) is 0 Å². The van der Waals surface area contributed by atoms with E-state index in [9.17, 15) is 17.6 Å². The second kappa shape index (κ2) is 8.39. The molecule has 164 valence electrons. The quantitative estimate of drug-likeness (QED) is 0.465. The van der Waals surface area contributed by atoms with Gasteiger partial charge in [-0.05, 0) is 61.9 Å². The van der Waals surface area contributed by atoms with Gasteiger partial charge in [0.05, 0.1) is 10.9 Å². The first-order valence-corrected chi connectivity index (χ1v) is 11.2. The van der Waals surface area contributed by atoms with Crippen molar-refractivity contribution in [3.05, 3.63) is 89.6 Å². The zero-order chi connectivity index (χ0) is 22.9. The number of nitrogens with zero attached hydrogens (tertiary/aromatic N) is 3. The lowest BCUT2D eigenvalue weighted by atomic mass is 10.2. The smallest absolute Gasteiger partial charge is 0.261 e. The van der Waals surface area contributed by atoms with E-state index in [1.807, 2.05) is 12.1 Å². The standard InChI is InChI=1S/C22H20FN5O3S/c1-14-9-10-18(13-19(14)23)32(30,31)27-17-7-5-6-16(12-17)22(29)24-15(2)21-26-25-20-8-3-4-11-28(20)21/h3-13,15,27H,1-2H3,(H,24,29). The lowest BCUT2D eigenvalue weighted by molar-refractivity contribution is 0.0938. The molecule has 8 nitrogen and oxygen atoms in total. The topological polar surface area (TPSA) is 105 Å². The summed E-state index contributed by atoms with van der Waals surface area (Å²) in [6.45, 7) is 3.32. The summed E-state index contributed by atoms with van der Waals surface area (Å²) in [7, 11) is -4.02. The van der Waals surface area contributed by atoms with Crippen LogP contribution in [0.2, 0.25) is 0 Å². The SMILES string of the molecule is Cc1ccc(S(=O)(=O)Nc2cccc(C(=O)NC(C)c3nnc4ccccn34)c2)cc1F. The Hall–Kier alpha value is -3.79. The molecular formula is C22H20FN5O3S. The lowest BCUT2D eigenvalue weighted by Crippen LogP contribution is -2.28. The van der Waals surface area contributed by atoms with E-state index in [4.69, 9.17) is 0 Å². The van der Waals surface area contributed by atoms with Gasteiger partial charge in [-0.15, -0.1) is 10.2 Å². The third-order valence-electron chi connectivity index (χ3n) is 4.91. The van der Waals surface area contributed by atoms with Crippen molar-refractivity contribution in [3.8, 4) is 0 Å². The van der Waals surface area contributed by atoms with Crippen molar-refractivity contribution in [2.45, 2.75) is 24.8 Å². The molecule has 0 saturated carbocycles. The van der Waals surface area contributed by atoms with Gasteiger partial charge < -0.3 is 5.32 Å². The first kappa shape index (κ1) is 21.4. The van der Waals surface area contributed by atoms with Crippen LogP contribution in [0.3, 0.4) is 0 Å². The molecule has 2 aromatic heterocycles. The molecule has 0 spiro atoms. The van der Waals surface area contributed by atoms with E-state index in [1.165, 1.54) is 24.3 Å². The normalized spacial score (nSPS) is 12.5. The number of nitrogens with one attached hydrogen (secondary N) is 2. The van der Waals surface area contributed by atoms with Crippen molar-refractivity contribution in [1.29, 1.82) is 0 Å². The van der Waals surface area contributed by atoms with E-state index in [-0.39, 0.29) is 16.1 Å². The molecule has 0 bridgehead atoms. The summed E-state index contributed by atoms with van der Waals surface area (Å²) in [5, 5.41) is 11.0. The molecule has 10 heteroatoms. The molecule has 1 unspecified atom stereocenters. The van der Waals surface area contributed by atoms with Crippen molar-refractivity contribution in [3.63, 3.8) is 0 Å². The number of halogens is 1. The number of hydrogen-bond acceptors (Lipinski definition) is 5. The molecule has 4 aromatic rings. The fourth-order valence-corrected chi connectivity index (χ4v) is 4.24. The molecule has 2 heterocycles. The number of pyridine rings is 1. The molecule has 0 saturated heterocycles. The molecule has 4 rings (SSSR count). The van der Waals surface area contributed by atoms with Crippen molar-refractivity contribution >= 4 is 27.3 Å². The third kappa shape index (κ3) is 4.30. The Morgan fingerprint density at radius 1 is 1.06 bits per heavy atom. The Labute approximate surface area is 184 Å². The molecule has 0 aliphatic heterocycles. The van der Waals surface area contributed by atoms with E-state index in [2.05, 4.69) is 20.2 Å². The van der Waals surface area contributed by atoms with Crippen molar-refractivity contribution < 1.29 is 17.6 Å². The van der Waals surface area contributed by atoms with E-state index in [0.29, 0.717) is 17.0 Å². The number of anilines is 1. The maximum atomic E-state index is 13.8. The molecule has 0 aliphatic rings. The Bertz CT molecular complexity index is 1420. The third-order valence-corrected chi connectivity index (χ3v) is 6.28. The summed E-state index contributed by atoms with van der Waals surface area (Å²) in [6.07, 6.45) is 1.80. The van der Waals surface area contributed by atoms with Gasteiger partial charge in [-0.2, -0.15) is 0 Å². The molecule has 2 N–H and O–H groups in total. The van der Waals surface area contributed by atoms with Gasteiger partial charge in [-0.1, -0.05) is 18.2 Å². The maximum absolute atomic E-state index is 13.8. The minimum atomic E-state index is -4.02. The van der Waals surface area contributed by atoms with Crippen LogP contribution < -0.4 is 10.0 Å². The average Bonchev–Trinajstić information content (AvgIpc) is 3.20. The van der Waals surface area contributed by atoms with Gasteiger partial charge in [0.25, 0.3) is 15.9 Å². The van der Waals surface area contributed by atoms with Crippen molar-refractivity contribution in [1.82, 2.24) is 19.9 Å². The zero-order valence-corrected chi connectivity index (χ0v) is 18.1. The summed E-state index contributed by atoms with van der Waals surface area (Å²) in [5.41, 5.74) is 1.44. The first-order valence-electron chi connectivity index (χ1n) is 9.74. The summed E-state index contributed by atoms with van der Waals surface area (Å²) in [5.74, 6) is -0.462. The number of aryl methyl sites for hydroxylation is 1. The fraction of sp³-hybridized carbons (Fsp3) is 0.136. The number of carbonyl (C=O) groups is 1. The van der Waals surface area contributed by atoms with Gasteiger partial charge in [0.1, 0.15) is 5.82 Å². The van der Waals surface area contributed by atoms with Crippen LogP contribution in [0.25, 0.3) is 5.65 Å². The highest BCUT2D eigenvalue weighted by Crippen LogP contribution is 2.20. The fourth-order valence-electron chi connectivity index (χ4n) is 3.18. The van der Waals surface area contributed by atoms with E-state index in [1.54, 1.807) is 42.6 Å². The van der Waals surface area contributed by atoms with Crippen molar-refractivity contribution in [2.24, 2.45) is 0 Å². The predicted molar refractivity (Wildman–Crippen MR) is 117 cm³/mol. The summed E-state index contributed by atoms with van der Waals surface area (Å²) in [6, 6.07) is 14.7. The zero-order valence-electron chi connectivity index (χ0n) is 17.3. The van der Waals surface area contributed by atoms with Gasteiger partial charge in [0.15, 0.2) is 11.5 Å². The number of rotatable bonds is 6. The summed E-state index contributed by atoms with van der Waals surface area (Å²) >= 11 is 0. The number of benzene rings is 2. The molecule has 1 atom stereocenters. The molecule has 1 amide bonds. The second-order valence-corrected chi connectivity index (χ2v) is 8.96. The number of sulfonamides is 1. The minimum absolute atomic E-state index is 0.180.